The first-order valence-corrected chi connectivity index (χ1v) is 11.0. The summed E-state index contributed by atoms with van der Waals surface area (Å²) in [6, 6.07) is 21.9. The molecule has 1 amide bonds. The molecule has 0 saturated carbocycles. The number of carbonyl (C=O) groups is 1. The predicted octanol–water partition coefficient (Wildman–Crippen LogP) is 6.58. The van der Waals surface area contributed by atoms with Crippen LogP contribution in [0.2, 0.25) is 5.02 Å². The lowest BCUT2D eigenvalue weighted by molar-refractivity contribution is -0.118. The largest absolute Gasteiger partial charge is 0.490 e. The number of nitrogens with zero attached hydrogens (tertiary/aromatic N) is 1. The molecule has 0 heterocycles. The lowest BCUT2D eigenvalue weighted by Gasteiger charge is -2.13. The summed E-state index contributed by atoms with van der Waals surface area (Å²) in [4.78, 5) is 12.2. The van der Waals surface area contributed by atoms with Crippen molar-refractivity contribution in [3.63, 3.8) is 0 Å². The average Bonchev–Trinajstić information content (AvgIpc) is 2.79. The van der Waals surface area contributed by atoms with Gasteiger partial charge in [0.05, 0.1) is 18.2 Å². The van der Waals surface area contributed by atoms with Crippen LogP contribution in [0.4, 0.5) is 5.69 Å². The first-order valence-electron chi connectivity index (χ1n) is 9.81. The Hall–Kier alpha value is -3.27. The van der Waals surface area contributed by atoms with E-state index in [9.17, 15) is 10.1 Å². The van der Waals surface area contributed by atoms with Crippen LogP contribution in [-0.4, -0.2) is 19.1 Å². The number of ether oxygens (including phenoxy) is 2. The molecular formula is C25H20BrClN2O3. The predicted molar refractivity (Wildman–Crippen MR) is 131 cm³/mol. The summed E-state index contributed by atoms with van der Waals surface area (Å²) < 4.78 is 12.3. The van der Waals surface area contributed by atoms with Crippen molar-refractivity contribution in [1.82, 2.24) is 0 Å². The van der Waals surface area contributed by atoms with Crippen LogP contribution in [0.3, 0.4) is 0 Å². The minimum atomic E-state index is -0.305. The Morgan fingerprint density at radius 1 is 1.06 bits per heavy atom. The molecule has 0 atom stereocenters. The van der Waals surface area contributed by atoms with Crippen molar-refractivity contribution in [2.45, 2.75) is 6.92 Å². The maximum atomic E-state index is 12.2. The van der Waals surface area contributed by atoms with Gasteiger partial charge in [-0.3, -0.25) is 4.79 Å². The fourth-order valence-corrected chi connectivity index (χ4v) is 3.24. The normalized spacial score (nSPS) is 10.9. The maximum absolute atomic E-state index is 12.2. The van der Waals surface area contributed by atoms with Gasteiger partial charge in [-0.05, 0) is 72.7 Å². The number of rotatable bonds is 8. The summed E-state index contributed by atoms with van der Waals surface area (Å²) in [5.74, 6) is 0.631. The van der Waals surface area contributed by atoms with Crippen molar-refractivity contribution in [3.05, 3.63) is 87.4 Å². The maximum Gasteiger partial charge on any atom is 0.262 e. The summed E-state index contributed by atoms with van der Waals surface area (Å²) >= 11 is 9.25. The number of amides is 1. The molecule has 0 aliphatic rings. The molecule has 0 unspecified atom stereocenters. The van der Waals surface area contributed by atoms with E-state index in [1.807, 2.05) is 37.3 Å². The number of anilines is 1. The number of benzene rings is 3. The second kappa shape index (κ2) is 11.4. The Bertz CT molecular complexity index is 1150. The quantitative estimate of drug-likeness (QED) is 0.274. The van der Waals surface area contributed by atoms with Crippen LogP contribution in [0.1, 0.15) is 18.1 Å². The summed E-state index contributed by atoms with van der Waals surface area (Å²) in [7, 11) is 0. The van der Waals surface area contributed by atoms with Crippen molar-refractivity contribution in [2.75, 3.05) is 18.5 Å². The molecule has 0 bridgehead atoms. The fraction of sp³-hybridized carbons (Fsp3) is 0.120. The van der Waals surface area contributed by atoms with Gasteiger partial charge in [0.15, 0.2) is 18.1 Å². The van der Waals surface area contributed by atoms with E-state index in [-0.39, 0.29) is 12.5 Å². The fourth-order valence-electron chi connectivity index (χ4n) is 2.85. The Labute approximate surface area is 200 Å². The summed E-state index contributed by atoms with van der Waals surface area (Å²) in [5, 5.41) is 12.9. The second-order valence-electron chi connectivity index (χ2n) is 6.66. The second-order valence-corrected chi connectivity index (χ2v) is 8.01. The van der Waals surface area contributed by atoms with Gasteiger partial charge in [0.25, 0.3) is 5.91 Å². The molecule has 0 fully saturated rings. The lowest BCUT2D eigenvalue weighted by Crippen LogP contribution is -2.20. The van der Waals surface area contributed by atoms with Gasteiger partial charge in [-0.15, -0.1) is 0 Å². The van der Waals surface area contributed by atoms with E-state index >= 15 is 0 Å². The van der Waals surface area contributed by atoms with Crippen molar-refractivity contribution in [2.24, 2.45) is 0 Å². The highest BCUT2D eigenvalue weighted by molar-refractivity contribution is 9.10. The highest BCUT2D eigenvalue weighted by Gasteiger charge is 2.10. The van der Waals surface area contributed by atoms with E-state index in [0.717, 1.165) is 15.6 Å². The topological polar surface area (TPSA) is 71.3 Å². The number of halogens is 2. The Morgan fingerprint density at radius 2 is 1.78 bits per heavy atom. The molecule has 0 aliphatic heterocycles. The van der Waals surface area contributed by atoms with Gasteiger partial charge in [-0.2, -0.15) is 5.26 Å². The molecule has 32 heavy (non-hydrogen) atoms. The van der Waals surface area contributed by atoms with Crippen LogP contribution in [-0.2, 0) is 4.79 Å². The highest BCUT2D eigenvalue weighted by Crippen LogP contribution is 2.30. The van der Waals surface area contributed by atoms with Crippen molar-refractivity contribution in [1.29, 1.82) is 5.26 Å². The van der Waals surface area contributed by atoms with Crippen LogP contribution in [0, 0.1) is 11.3 Å². The van der Waals surface area contributed by atoms with E-state index in [2.05, 4.69) is 27.3 Å². The summed E-state index contributed by atoms with van der Waals surface area (Å²) in [6.07, 6.45) is 1.78. The Kier molecular flexibility index (Phi) is 8.32. The SMILES string of the molecule is CCOc1cc(/C=C(\C#N)c2ccc(Br)cc2)ccc1OCC(=O)Nc1ccc(Cl)cc1. The average molecular weight is 512 g/mol. The van der Waals surface area contributed by atoms with Crippen molar-refractivity contribution in [3.8, 4) is 17.6 Å². The van der Waals surface area contributed by atoms with Gasteiger partial charge in [-0.1, -0.05) is 45.7 Å². The van der Waals surface area contributed by atoms with Gasteiger partial charge in [0.2, 0.25) is 0 Å². The van der Waals surface area contributed by atoms with Crippen LogP contribution in [0.5, 0.6) is 11.5 Å². The number of nitriles is 1. The zero-order valence-electron chi connectivity index (χ0n) is 17.3. The third kappa shape index (κ3) is 6.61. The summed E-state index contributed by atoms with van der Waals surface area (Å²) in [5.41, 5.74) is 2.75. The van der Waals surface area contributed by atoms with E-state index in [0.29, 0.717) is 34.4 Å². The third-order valence-corrected chi connectivity index (χ3v) is 5.12. The lowest BCUT2D eigenvalue weighted by atomic mass is 10.0. The summed E-state index contributed by atoms with van der Waals surface area (Å²) in [6.45, 7) is 2.11. The minimum Gasteiger partial charge on any atom is -0.490 e. The van der Waals surface area contributed by atoms with Gasteiger partial charge in [-0.25, -0.2) is 0 Å². The molecule has 5 nitrogen and oxygen atoms in total. The standard InChI is InChI=1S/C25H20BrClN2O3/c1-2-31-24-14-17(13-19(15-28)18-4-6-20(26)7-5-18)3-12-23(24)32-16-25(30)29-22-10-8-21(27)9-11-22/h3-14H,2,16H2,1H3,(H,29,30)/b19-13+. The van der Waals surface area contributed by atoms with Crippen LogP contribution in [0.15, 0.2) is 71.2 Å². The van der Waals surface area contributed by atoms with E-state index in [1.54, 1.807) is 42.5 Å². The van der Waals surface area contributed by atoms with Gasteiger partial charge in [0, 0.05) is 15.2 Å². The highest BCUT2D eigenvalue weighted by atomic mass is 79.9. The number of nitrogens with one attached hydrogen (secondary N) is 1. The van der Waals surface area contributed by atoms with Crippen LogP contribution < -0.4 is 14.8 Å². The molecule has 1 N–H and O–H groups in total. The molecule has 0 saturated heterocycles. The van der Waals surface area contributed by atoms with E-state index in [4.69, 9.17) is 21.1 Å². The molecule has 0 radical (unpaired) electrons. The first kappa shape index (κ1) is 23.4. The molecular weight excluding hydrogens is 492 g/mol. The van der Waals surface area contributed by atoms with E-state index < -0.39 is 0 Å². The molecule has 162 valence electrons. The number of carbonyl (C=O) groups excluding carboxylic acids is 1. The molecule has 7 heteroatoms. The Balaban J connectivity index is 1.73. The van der Waals surface area contributed by atoms with Crippen LogP contribution >= 0.6 is 27.5 Å². The van der Waals surface area contributed by atoms with Crippen molar-refractivity contribution >= 4 is 50.8 Å². The number of hydrogen-bond acceptors (Lipinski definition) is 4. The molecule has 3 aromatic rings. The zero-order valence-corrected chi connectivity index (χ0v) is 19.6. The monoisotopic (exact) mass is 510 g/mol. The number of hydrogen-bond donors (Lipinski definition) is 1. The third-order valence-electron chi connectivity index (χ3n) is 4.34. The molecule has 0 aromatic heterocycles. The smallest absolute Gasteiger partial charge is 0.262 e. The van der Waals surface area contributed by atoms with Crippen LogP contribution in [0.25, 0.3) is 11.6 Å². The Morgan fingerprint density at radius 3 is 2.44 bits per heavy atom. The first-order chi connectivity index (χ1) is 15.5. The van der Waals surface area contributed by atoms with Crippen molar-refractivity contribution < 1.29 is 14.3 Å². The van der Waals surface area contributed by atoms with Gasteiger partial charge >= 0.3 is 0 Å². The zero-order chi connectivity index (χ0) is 22.9. The molecule has 3 rings (SSSR count). The van der Waals surface area contributed by atoms with Gasteiger partial charge in [0.1, 0.15) is 0 Å². The minimum absolute atomic E-state index is 0.180. The van der Waals surface area contributed by atoms with Gasteiger partial charge < -0.3 is 14.8 Å². The number of allylic oxidation sites excluding steroid dienone is 1. The van der Waals surface area contributed by atoms with E-state index in [1.165, 1.54) is 0 Å². The molecule has 0 aliphatic carbocycles. The molecule has 0 spiro atoms. The molecule has 3 aromatic carbocycles.